The van der Waals surface area contributed by atoms with Crippen LogP contribution in [-0.4, -0.2) is 16.2 Å². The number of carbonyl (C=O) groups is 1. The van der Waals surface area contributed by atoms with Gasteiger partial charge < -0.3 is 10.2 Å². The summed E-state index contributed by atoms with van der Waals surface area (Å²) in [5.41, 5.74) is 0.440. The second-order valence-electron chi connectivity index (χ2n) is 3.43. The summed E-state index contributed by atoms with van der Waals surface area (Å²) in [5, 5.41) is 19.7. The fraction of sp³-hybridized carbons (Fsp3) is 0.182. The van der Waals surface area contributed by atoms with Crippen LogP contribution < -0.4 is 0 Å². The van der Waals surface area contributed by atoms with E-state index in [4.69, 9.17) is 16.7 Å². The van der Waals surface area contributed by atoms with E-state index in [2.05, 4.69) is 0 Å². The predicted octanol–water partition coefficient (Wildman–Crippen LogP) is 2.98. The minimum absolute atomic E-state index is 0.440. The second-order valence-corrected chi connectivity index (χ2v) is 5.06. The number of thiophene rings is 1. The predicted molar refractivity (Wildman–Crippen MR) is 64.2 cm³/mol. The Morgan fingerprint density at radius 3 is 2.81 bits per heavy atom. The summed E-state index contributed by atoms with van der Waals surface area (Å²) in [7, 11) is 0. The maximum Gasteiger partial charge on any atom is 0.337 e. The van der Waals surface area contributed by atoms with Crippen molar-refractivity contribution in [1.29, 1.82) is 0 Å². The maximum absolute atomic E-state index is 10.8. The molecular formula is C11H9ClO3S. The molecule has 0 amide bonds. The fourth-order valence-electron chi connectivity index (χ4n) is 1.69. The van der Waals surface area contributed by atoms with Crippen molar-refractivity contribution >= 4 is 39.0 Å². The van der Waals surface area contributed by atoms with Gasteiger partial charge in [-0.15, -0.1) is 11.3 Å². The molecule has 0 saturated carbocycles. The number of fused-ring (bicyclic) bond motifs is 1. The number of hydrogen-bond donors (Lipinski definition) is 2. The molecule has 2 N–H and O–H groups in total. The van der Waals surface area contributed by atoms with E-state index in [1.807, 2.05) is 0 Å². The summed E-state index contributed by atoms with van der Waals surface area (Å²) >= 11 is 7.40. The molecule has 0 radical (unpaired) electrons. The van der Waals surface area contributed by atoms with Crippen molar-refractivity contribution in [2.75, 3.05) is 0 Å². The molecule has 0 fully saturated rings. The molecule has 0 bridgehead atoms. The summed E-state index contributed by atoms with van der Waals surface area (Å²) in [6.07, 6.45) is -1.49. The number of hydrogen-bond acceptors (Lipinski definition) is 3. The average molecular weight is 257 g/mol. The minimum Gasteiger partial charge on any atom is -0.479 e. The van der Waals surface area contributed by atoms with Gasteiger partial charge in [0.25, 0.3) is 0 Å². The minimum atomic E-state index is -1.49. The third-order valence-corrected chi connectivity index (χ3v) is 4.00. The molecule has 1 aromatic carbocycles. The van der Waals surface area contributed by atoms with Gasteiger partial charge in [0.15, 0.2) is 6.10 Å². The molecule has 0 aliphatic rings. The lowest BCUT2D eigenvalue weighted by Crippen LogP contribution is -2.10. The van der Waals surface area contributed by atoms with Crippen LogP contribution in [0.25, 0.3) is 10.1 Å². The Hall–Kier alpha value is -1.10. The molecule has 0 aliphatic heterocycles. The van der Waals surface area contributed by atoms with E-state index in [0.717, 1.165) is 9.58 Å². The molecule has 0 saturated heterocycles. The number of halogens is 1. The van der Waals surface area contributed by atoms with Gasteiger partial charge in [0.1, 0.15) is 0 Å². The van der Waals surface area contributed by atoms with Crippen molar-refractivity contribution in [3.05, 3.63) is 33.7 Å². The van der Waals surface area contributed by atoms with Crippen LogP contribution in [-0.2, 0) is 4.79 Å². The number of carboxylic acid groups (broad SMARTS) is 1. The Balaban J connectivity index is 2.74. The van der Waals surface area contributed by atoms with Crippen LogP contribution in [0.5, 0.6) is 0 Å². The maximum atomic E-state index is 10.8. The zero-order valence-electron chi connectivity index (χ0n) is 8.40. The first-order valence-corrected chi connectivity index (χ1v) is 5.80. The third kappa shape index (κ3) is 1.69. The molecule has 2 aromatic rings. The van der Waals surface area contributed by atoms with Crippen LogP contribution in [0.3, 0.4) is 0 Å². The van der Waals surface area contributed by atoms with Crippen molar-refractivity contribution in [1.82, 2.24) is 0 Å². The number of rotatable bonds is 2. The van der Waals surface area contributed by atoms with Gasteiger partial charge >= 0.3 is 5.97 Å². The summed E-state index contributed by atoms with van der Waals surface area (Å²) in [6.45, 7) is 1.78. The van der Waals surface area contributed by atoms with Crippen LogP contribution in [0, 0.1) is 6.92 Å². The Kier molecular flexibility index (Phi) is 2.88. The first-order chi connectivity index (χ1) is 7.52. The number of benzene rings is 1. The van der Waals surface area contributed by atoms with Gasteiger partial charge in [0.2, 0.25) is 0 Å². The van der Waals surface area contributed by atoms with Gasteiger partial charge in [-0.2, -0.15) is 0 Å². The second kappa shape index (κ2) is 4.05. The van der Waals surface area contributed by atoms with Crippen LogP contribution in [0.15, 0.2) is 18.2 Å². The highest BCUT2D eigenvalue weighted by Crippen LogP contribution is 2.38. The molecule has 3 nitrogen and oxygen atoms in total. The Morgan fingerprint density at radius 1 is 1.50 bits per heavy atom. The highest BCUT2D eigenvalue weighted by Gasteiger charge is 2.23. The van der Waals surface area contributed by atoms with E-state index in [0.29, 0.717) is 16.0 Å². The summed E-state index contributed by atoms with van der Waals surface area (Å²) in [5.74, 6) is -1.25. The molecule has 1 heterocycles. The van der Waals surface area contributed by atoms with Crippen molar-refractivity contribution in [2.24, 2.45) is 0 Å². The standard InChI is InChI=1S/C11H9ClO3S/c1-5-8(9(13)11(14)15)6-3-2-4-7(12)10(6)16-5/h2-4,9,13H,1H3,(H,14,15). The summed E-state index contributed by atoms with van der Waals surface area (Å²) in [6, 6.07) is 5.26. The van der Waals surface area contributed by atoms with Crippen molar-refractivity contribution in [3.8, 4) is 0 Å². The molecule has 16 heavy (non-hydrogen) atoms. The van der Waals surface area contributed by atoms with Crippen LogP contribution in [0.1, 0.15) is 16.5 Å². The van der Waals surface area contributed by atoms with Crippen molar-refractivity contribution in [3.63, 3.8) is 0 Å². The molecule has 84 valence electrons. The van der Waals surface area contributed by atoms with Gasteiger partial charge in [0.05, 0.1) is 9.72 Å². The van der Waals surface area contributed by atoms with Crippen molar-refractivity contribution < 1.29 is 15.0 Å². The normalized spacial score (nSPS) is 12.9. The Morgan fingerprint density at radius 2 is 2.19 bits per heavy atom. The zero-order chi connectivity index (χ0) is 11.9. The van der Waals surface area contributed by atoms with Gasteiger partial charge in [0, 0.05) is 15.8 Å². The molecule has 1 atom stereocenters. The van der Waals surface area contributed by atoms with E-state index in [9.17, 15) is 9.90 Å². The fourth-order valence-corrected chi connectivity index (χ4v) is 3.07. The summed E-state index contributed by atoms with van der Waals surface area (Å²) < 4.78 is 0.817. The molecule has 2 rings (SSSR count). The topological polar surface area (TPSA) is 57.5 Å². The number of aliphatic hydroxyl groups is 1. The first-order valence-electron chi connectivity index (χ1n) is 4.60. The lowest BCUT2D eigenvalue weighted by Gasteiger charge is -2.05. The molecule has 1 aromatic heterocycles. The van der Waals surface area contributed by atoms with Gasteiger partial charge in [-0.1, -0.05) is 23.7 Å². The highest BCUT2D eigenvalue weighted by atomic mass is 35.5. The SMILES string of the molecule is Cc1sc2c(Cl)cccc2c1C(O)C(=O)O. The highest BCUT2D eigenvalue weighted by molar-refractivity contribution is 7.19. The van der Waals surface area contributed by atoms with Gasteiger partial charge in [-0.05, 0) is 13.0 Å². The van der Waals surface area contributed by atoms with Crippen LogP contribution >= 0.6 is 22.9 Å². The van der Waals surface area contributed by atoms with E-state index < -0.39 is 12.1 Å². The molecule has 0 spiro atoms. The Labute approximate surface area is 101 Å². The van der Waals surface area contributed by atoms with Crippen LogP contribution in [0.2, 0.25) is 5.02 Å². The Bertz CT molecular complexity index is 562. The molecule has 1 unspecified atom stereocenters. The van der Waals surface area contributed by atoms with E-state index in [1.165, 1.54) is 11.3 Å². The number of aliphatic hydroxyl groups excluding tert-OH is 1. The van der Waals surface area contributed by atoms with Gasteiger partial charge in [-0.3, -0.25) is 0 Å². The van der Waals surface area contributed by atoms with E-state index in [-0.39, 0.29) is 0 Å². The van der Waals surface area contributed by atoms with Gasteiger partial charge in [-0.25, -0.2) is 4.79 Å². The molecule has 0 aliphatic carbocycles. The first kappa shape index (κ1) is 11.4. The van der Waals surface area contributed by atoms with Crippen molar-refractivity contribution in [2.45, 2.75) is 13.0 Å². The smallest absolute Gasteiger partial charge is 0.337 e. The van der Waals surface area contributed by atoms with E-state index >= 15 is 0 Å². The van der Waals surface area contributed by atoms with Crippen LogP contribution in [0.4, 0.5) is 0 Å². The number of aryl methyl sites for hydroxylation is 1. The number of aliphatic carboxylic acids is 1. The lowest BCUT2D eigenvalue weighted by atomic mass is 10.1. The quantitative estimate of drug-likeness (QED) is 0.869. The zero-order valence-corrected chi connectivity index (χ0v) is 9.97. The van der Waals surface area contributed by atoms with E-state index in [1.54, 1.807) is 25.1 Å². The number of carboxylic acids is 1. The largest absolute Gasteiger partial charge is 0.479 e. The lowest BCUT2D eigenvalue weighted by molar-refractivity contribution is -0.146. The third-order valence-electron chi connectivity index (χ3n) is 2.40. The monoisotopic (exact) mass is 256 g/mol. The molecular weight excluding hydrogens is 248 g/mol. The average Bonchev–Trinajstić information content (AvgIpc) is 2.55. The summed E-state index contributed by atoms with van der Waals surface area (Å²) in [4.78, 5) is 11.6. The molecule has 5 heteroatoms.